The van der Waals surface area contributed by atoms with Crippen LogP contribution in [0.25, 0.3) is 0 Å². The van der Waals surface area contributed by atoms with E-state index in [0.717, 1.165) is 19.6 Å². The van der Waals surface area contributed by atoms with Crippen LogP contribution in [0.1, 0.15) is 20.3 Å². The summed E-state index contributed by atoms with van der Waals surface area (Å²) in [7, 11) is 0. The number of likely N-dealkylation sites (N-methyl/N-ethyl adjacent to an activating group) is 1. The van der Waals surface area contributed by atoms with E-state index in [9.17, 15) is 4.79 Å². The molecule has 1 unspecified atom stereocenters. The minimum absolute atomic E-state index is 0.0790. The van der Waals surface area contributed by atoms with E-state index >= 15 is 0 Å². The van der Waals surface area contributed by atoms with Crippen LogP contribution in [0.4, 0.5) is 0 Å². The van der Waals surface area contributed by atoms with Gasteiger partial charge in [-0.05, 0) is 20.3 Å². The lowest BCUT2D eigenvalue weighted by Gasteiger charge is -2.29. The van der Waals surface area contributed by atoms with E-state index in [1.54, 1.807) is 4.90 Å². The van der Waals surface area contributed by atoms with Crippen molar-refractivity contribution in [2.24, 2.45) is 0 Å². The SMILES string of the molecule is CCN(CC1OCCCO1)C(=O)C(C)Br. The average molecular weight is 280 g/mol. The van der Waals surface area contributed by atoms with Gasteiger partial charge < -0.3 is 14.4 Å². The maximum atomic E-state index is 11.7. The molecule has 88 valence electrons. The highest BCUT2D eigenvalue weighted by molar-refractivity contribution is 9.10. The Hall–Kier alpha value is -0.130. The molecule has 4 nitrogen and oxygen atoms in total. The number of alkyl halides is 1. The molecule has 1 atom stereocenters. The lowest BCUT2D eigenvalue weighted by molar-refractivity contribution is -0.188. The van der Waals surface area contributed by atoms with Crippen molar-refractivity contribution < 1.29 is 14.3 Å². The van der Waals surface area contributed by atoms with Gasteiger partial charge in [-0.15, -0.1) is 0 Å². The van der Waals surface area contributed by atoms with Crippen molar-refractivity contribution in [2.45, 2.75) is 31.4 Å². The molecule has 0 spiro atoms. The highest BCUT2D eigenvalue weighted by Gasteiger charge is 2.22. The first kappa shape index (κ1) is 12.9. The Balaban J connectivity index is 2.41. The third kappa shape index (κ3) is 4.09. The molecule has 15 heavy (non-hydrogen) atoms. The van der Waals surface area contributed by atoms with Crippen molar-refractivity contribution in [2.75, 3.05) is 26.3 Å². The molecule has 0 aromatic carbocycles. The minimum Gasteiger partial charge on any atom is -0.351 e. The Morgan fingerprint density at radius 1 is 1.53 bits per heavy atom. The first-order valence-corrected chi connectivity index (χ1v) is 6.22. The van der Waals surface area contributed by atoms with E-state index in [4.69, 9.17) is 9.47 Å². The van der Waals surface area contributed by atoms with Crippen molar-refractivity contribution in [1.29, 1.82) is 0 Å². The van der Waals surface area contributed by atoms with Crippen molar-refractivity contribution in [3.8, 4) is 0 Å². The second-order valence-corrected chi connectivity index (χ2v) is 4.89. The lowest BCUT2D eigenvalue weighted by Crippen LogP contribution is -2.43. The Morgan fingerprint density at radius 3 is 2.60 bits per heavy atom. The molecule has 1 heterocycles. The molecule has 1 aliphatic rings. The van der Waals surface area contributed by atoms with Gasteiger partial charge in [-0.1, -0.05) is 15.9 Å². The standard InChI is InChI=1S/C10H18BrNO3/c1-3-12(10(13)8(2)11)7-9-14-5-4-6-15-9/h8-9H,3-7H2,1-2H3. The van der Waals surface area contributed by atoms with Crippen LogP contribution in [0.15, 0.2) is 0 Å². The smallest absolute Gasteiger partial charge is 0.236 e. The van der Waals surface area contributed by atoms with E-state index in [-0.39, 0.29) is 17.0 Å². The fourth-order valence-electron chi connectivity index (χ4n) is 1.45. The summed E-state index contributed by atoms with van der Waals surface area (Å²) < 4.78 is 10.8. The maximum Gasteiger partial charge on any atom is 0.236 e. The molecule has 0 aliphatic carbocycles. The Kier molecular flexibility index (Phi) is 5.56. The second-order valence-electron chi connectivity index (χ2n) is 3.52. The highest BCUT2D eigenvalue weighted by Crippen LogP contribution is 2.10. The quantitative estimate of drug-likeness (QED) is 0.730. The van der Waals surface area contributed by atoms with Gasteiger partial charge in [0.25, 0.3) is 0 Å². The number of rotatable bonds is 4. The molecule has 1 fully saturated rings. The first-order valence-electron chi connectivity index (χ1n) is 5.31. The molecule has 5 heteroatoms. The Morgan fingerprint density at radius 2 is 2.13 bits per heavy atom. The molecular weight excluding hydrogens is 262 g/mol. The van der Waals surface area contributed by atoms with Crippen LogP contribution >= 0.6 is 15.9 Å². The predicted molar refractivity (Wildman–Crippen MR) is 61.0 cm³/mol. The van der Waals surface area contributed by atoms with Crippen LogP contribution in [0.3, 0.4) is 0 Å². The highest BCUT2D eigenvalue weighted by atomic mass is 79.9. The van der Waals surface area contributed by atoms with Gasteiger partial charge in [-0.2, -0.15) is 0 Å². The molecule has 0 saturated carbocycles. The van der Waals surface area contributed by atoms with Crippen LogP contribution in [-0.4, -0.2) is 48.2 Å². The van der Waals surface area contributed by atoms with Crippen LogP contribution in [0.2, 0.25) is 0 Å². The van der Waals surface area contributed by atoms with Crippen LogP contribution < -0.4 is 0 Å². The summed E-state index contributed by atoms with van der Waals surface area (Å²) in [5, 5.41) is 0. The summed E-state index contributed by atoms with van der Waals surface area (Å²) in [6.07, 6.45) is 0.680. The van der Waals surface area contributed by atoms with Crippen LogP contribution in [0, 0.1) is 0 Å². The summed E-state index contributed by atoms with van der Waals surface area (Å²) >= 11 is 3.27. The molecule has 0 aromatic rings. The summed E-state index contributed by atoms with van der Waals surface area (Å²) in [5.41, 5.74) is 0. The number of hydrogen-bond donors (Lipinski definition) is 0. The van der Waals surface area contributed by atoms with Crippen LogP contribution in [-0.2, 0) is 14.3 Å². The number of carbonyl (C=O) groups is 1. The number of nitrogens with zero attached hydrogens (tertiary/aromatic N) is 1. The topological polar surface area (TPSA) is 38.8 Å². The Labute approximate surface area is 99.0 Å². The van der Waals surface area contributed by atoms with Gasteiger partial charge in [0, 0.05) is 6.54 Å². The van der Waals surface area contributed by atoms with Gasteiger partial charge in [-0.3, -0.25) is 4.79 Å². The molecule has 1 rings (SSSR count). The minimum atomic E-state index is -0.256. The molecule has 0 radical (unpaired) electrons. The zero-order chi connectivity index (χ0) is 11.3. The first-order chi connectivity index (χ1) is 7.15. The summed E-state index contributed by atoms with van der Waals surface area (Å²) in [4.78, 5) is 13.3. The average Bonchev–Trinajstić information content (AvgIpc) is 2.26. The van der Waals surface area contributed by atoms with Crippen molar-refractivity contribution in [3.05, 3.63) is 0 Å². The molecule has 0 N–H and O–H groups in total. The number of halogens is 1. The van der Waals surface area contributed by atoms with Crippen LogP contribution in [0.5, 0.6) is 0 Å². The monoisotopic (exact) mass is 279 g/mol. The number of carbonyl (C=O) groups excluding carboxylic acids is 1. The van der Waals surface area contributed by atoms with E-state index < -0.39 is 0 Å². The van der Waals surface area contributed by atoms with E-state index in [1.165, 1.54) is 0 Å². The summed E-state index contributed by atoms with van der Waals surface area (Å²) in [6, 6.07) is 0. The van der Waals surface area contributed by atoms with Crippen molar-refractivity contribution >= 4 is 21.8 Å². The number of amides is 1. The Bertz CT molecular complexity index is 205. The zero-order valence-electron chi connectivity index (χ0n) is 9.24. The van der Waals surface area contributed by atoms with Gasteiger partial charge in [0.05, 0.1) is 24.6 Å². The summed E-state index contributed by atoms with van der Waals surface area (Å²) in [5.74, 6) is 0.0790. The third-order valence-corrected chi connectivity index (χ3v) is 2.69. The molecule has 0 aromatic heterocycles. The fraction of sp³-hybridized carbons (Fsp3) is 0.900. The van der Waals surface area contributed by atoms with E-state index in [2.05, 4.69) is 15.9 Å². The number of ether oxygens (including phenoxy) is 2. The maximum absolute atomic E-state index is 11.7. The normalized spacial score (nSPS) is 19.9. The largest absolute Gasteiger partial charge is 0.351 e. The van der Waals surface area contributed by atoms with Gasteiger partial charge in [0.2, 0.25) is 5.91 Å². The zero-order valence-corrected chi connectivity index (χ0v) is 10.8. The fourth-order valence-corrected chi connectivity index (χ4v) is 1.74. The summed E-state index contributed by atoms with van der Waals surface area (Å²) in [6.45, 7) is 6.42. The molecule has 1 aliphatic heterocycles. The third-order valence-electron chi connectivity index (χ3n) is 2.30. The number of hydrogen-bond acceptors (Lipinski definition) is 3. The van der Waals surface area contributed by atoms with Crippen molar-refractivity contribution in [3.63, 3.8) is 0 Å². The van der Waals surface area contributed by atoms with E-state index in [1.807, 2.05) is 13.8 Å². The molecule has 1 saturated heterocycles. The van der Waals surface area contributed by atoms with Gasteiger partial charge in [0.15, 0.2) is 6.29 Å². The lowest BCUT2D eigenvalue weighted by atomic mass is 10.3. The molecule has 1 amide bonds. The molecular formula is C10H18BrNO3. The van der Waals surface area contributed by atoms with E-state index in [0.29, 0.717) is 13.1 Å². The van der Waals surface area contributed by atoms with Crippen molar-refractivity contribution in [1.82, 2.24) is 4.90 Å². The van der Waals surface area contributed by atoms with Gasteiger partial charge >= 0.3 is 0 Å². The molecule has 0 bridgehead atoms. The van der Waals surface area contributed by atoms with Gasteiger partial charge in [-0.25, -0.2) is 0 Å². The predicted octanol–water partition coefficient (Wildman–Crippen LogP) is 1.38. The second kappa shape index (κ2) is 6.45. The van der Waals surface area contributed by atoms with Gasteiger partial charge in [0.1, 0.15) is 0 Å².